The summed E-state index contributed by atoms with van der Waals surface area (Å²) in [6.07, 6.45) is 0. The van der Waals surface area contributed by atoms with Gasteiger partial charge in [0, 0.05) is 12.6 Å². The van der Waals surface area contributed by atoms with E-state index in [4.69, 9.17) is 5.73 Å². The maximum atomic E-state index is 12.4. The summed E-state index contributed by atoms with van der Waals surface area (Å²) < 4.78 is 0. The van der Waals surface area contributed by atoms with Gasteiger partial charge in [-0.15, -0.1) is 11.3 Å². The second kappa shape index (κ2) is 6.32. The van der Waals surface area contributed by atoms with Crippen LogP contribution >= 0.6 is 11.3 Å². The van der Waals surface area contributed by atoms with Crippen molar-refractivity contribution < 1.29 is 4.79 Å². The van der Waals surface area contributed by atoms with Crippen LogP contribution in [0.2, 0.25) is 0 Å². The Morgan fingerprint density at radius 3 is 3.05 bits per heavy atom. The van der Waals surface area contributed by atoms with Crippen LogP contribution in [-0.2, 0) is 6.54 Å². The van der Waals surface area contributed by atoms with Gasteiger partial charge in [-0.1, -0.05) is 11.8 Å². The van der Waals surface area contributed by atoms with Gasteiger partial charge in [0.15, 0.2) is 5.82 Å². The maximum Gasteiger partial charge on any atom is 0.265 e. The third-order valence-corrected chi connectivity index (χ3v) is 3.46. The van der Waals surface area contributed by atoms with Crippen LogP contribution in [0.4, 0.5) is 0 Å². The molecule has 1 amide bonds. The molecule has 0 radical (unpaired) electrons. The van der Waals surface area contributed by atoms with Crippen LogP contribution in [0.5, 0.6) is 0 Å². The Labute approximate surface area is 121 Å². The molecule has 0 aromatic carbocycles. The zero-order chi connectivity index (χ0) is 14.5. The minimum absolute atomic E-state index is 0.0937. The molecule has 0 aliphatic rings. The van der Waals surface area contributed by atoms with Gasteiger partial charge in [0.2, 0.25) is 0 Å². The van der Waals surface area contributed by atoms with Crippen molar-refractivity contribution in [3.05, 3.63) is 33.5 Å². The molecule has 3 N–H and O–H groups in total. The Morgan fingerprint density at radius 2 is 2.40 bits per heavy atom. The molecule has 0 fully saturated rings. The summed E-state index contributed by atoms with van der Waals surface area (Å²) >= 11 is 1.37. The molecule has 6 nitrogen and oxygen atoms in total. The summed E-state index contributed by atoms with van der Waals surface area (Å²) in [5.74, 6) is 6.89. The molecule has 0 unspecified atom stereocenters. The van der Waals surface area contributed by atoms with Crippen molar-refractivity contribution in [2.75, 3.05) is 13.6 Å². The number of thiophene rings is 1. The quantitative estimate of drug-likeness (QED) is 0.816. The second-order valence-corrected chi connectivity index (χ2v) is 5.08. The zero-order valence-electron chi connectivity index (χ0n) is 11.3. The van der Waals surface area contributed by atoms with Crippen LogP contribution in [0.25, 0.3) is 0 Å². The summed E-state index contributed by atoms with van der Waals surface area (Å²) in [7, 11) is 1.72. The number of hydrogen-bond donors (Lipinski definition) is 2. The highest BCUT2D eigenvalue weighted by Crippen LogP contribution is 2.18. The van der Waals surface area contributed by atoms with E-state index in [0.717, 1.165) is 5.82 Å². The molecule has 7 heteroatoms. The molecule has 0 aliphatic heterocycles. The number of hydrogen-bond acceptors (Lipinski definition) is 5. The number of nitrogens with one attached hydrogen (secondary N) is 1. The fourth-order valence-corrected chi connectivity index (χ4v) is 2.48. The second-order valence-electron chi connectivity index (χ2n) is 4.17. The standard InChI is InChI=1S/C13H15N5OS/c1-9-15-11(17-16-9)8-18(2)13(19)12-10(4-3-6-14)5-7-20-12/h5,7H,6,8,14H2,1-2H3,(H,15,16,17). The maximum absolute atomic E-state index is 12.4. The minimum atomic E-state index is -0.0937. The van der Waals surface area contributed by atoms with Gasteiger partial charge in [0.25, 0.3) is 5.91 Å². The van der Waals surface area contributed by atoms with Crippen molar-refractivity contribution in [1.29, 1.82) is 0 Å². The third kappa shape index (κ3) is 3.23. The van der Waals surface area contributed by atoms with Crippen molar-refractivity contribution in [2.45, 2.75) is 13.5 Å². The molecule has 0 spiro atoms. The number of rotatable bonds is 3. The van der Waals surface area contributed by atoms with Crippen LogP contribution < -0.4 is 5.73 Å². The predicted octanol–water partition coefficient (Wildman–Crippen LogP) is 0.757. The molecule has 104 valence electrons. The van der Waals surface area contributed by atoms with Gasteiger partial charge in [-0.25, -0.2) is 4.98 Å². The first-order valence-corrected chi connectivity index (χ1v) is 6.89. The van der Waals surface area contributed by atoms with Crippen LogP contribution in [0.1, 0.15) is 26.9 Å². The molecule has 0 saturated heterocycles. The van der Waals surface area contributed by atoms with E-state index in [1.807, 2.05) is 18.4 Å². The monoisotopic (exact) mass is 289 g/mol. The number of nitrogens with two attached hydrogens (primary N) is 1. The highest BCUT2D eigenvalue weighted by atomic mass is 32.1. The number of amides is 1. The van der Waals surface area contributed by atoms with E-state index in [-0.39, 0.29) is 12.5 Å². The fourth-order valence-electron chi connectivity index (χ4n) is 1.64. The SMILES string of the molecule is Cc1nc(CN(C)C(=O)c2sccc2C#CCN)n[nH]1. The van der Waals surface area contributed by atoms with E-state index < -0.39 is 0 Å². The van der Waals surface area contributed by atoms with Crippen LogP contribution in [0.3, 0.4) is 0 Å². The lowest BCUT2D eigenvalue weighted by Crippen LogP contribution is -2.26. The first kappa shape index (κ1) is 14.2. The van der Waals surface area contributed by atoms with Crippen molar-refractivity contribution >= 4 is 17.2 Å². The van der Waals surface area contributed by atoms with E-state index in [2.05, 4.69) is 27.0 Å². The van der Waals surface area contributed by atoms with Crippen LogP contribution in [0, 0.1) is 18.8 Å². The van der Waals surface area contributed by atoms with E-state index in [0.29, 0.717) is 22.8 Å². The Bertz CT molecular complexity index is 664. The molecule has 0 aliphatic carbocycles. The van der Waals surface area contributed by atoms with E-state index in [9.17, 15) is 4.79 Å². The zero-order valence-corrected chi connectivity index (χ0v) is 12.1. The number of carbonyl (C=O) groups is 1. The lowest BCUT2D eigenvalue weighted by Gasteiger charge is -2.14. The lowest BCUT2D eigenvalue weighted by atomic mass is 10.2. The number of nitrogens with zero attached hydrogens (tertiary/aromatic N) is 3. The lowest BCUT2D eigenvalue weighted by molar-refractivity contribution is 0.0786. The fraction of sp³-hybridized carbons (Fsp3) is 0.308. The van der Waals surface area contributed by atoms with Gasteiger partial charge in [-0.05, 0) is 18.4 Å². The molecule has 2 aromatic rings. The first-order valence-electron chi connectivity index (χ1n) is 6.01. The smallest absolute Gasteiger partial charge is 0.265 e. The van der Waals surface area contributed by atoms with Gasteiger partial charge in [0.05, 0.1) is 13.1 Å². The van der Waals surface area contributed by atoms with Gasteiger partial charge in [-0.2, -0.15) is 5.10 Å². The van der Waals surface area contributed by atoms with Gasteiger partial charge in [-0.3, -0.25) is 9.89 Å². The number of aromatic amines is 1. The van der Waals surface area contributed by atoms with Crippen LogP contribution in [0.15, 0.2) is 11.4 Å². The molecule has 0 saturated carbocycles. The van der Waals surface area contributed by atoms with E-state index in [1.165, 1.54) is 11.3 Å². The normalized spacial score (nSPS) is 9.95. The van der Waals surface area contributed by atoms with E-state index in [1.54, 1.807) is 11.9 Å². The number of carbonyl (C=O) groups excluding carboxylic acids is 1. The predicted molar refractivity (Wildman–Crippen MR) is 77.2 cm³/mol. The van der Waals surface area contributed by atoms with Crippen molar-refractivity contribution in [3.63, 3.8) is 0 Å². The molecule has 2 rings (SSSR count). The van der Waals surface area contributed by atoms with Crippen molar-refractivity contribution in [3.8, 4) is 11.8 Å². The Kier molecular flexibility index (Phi) is 4.50. The topological polar surface area (TPSA) is 87.9 Å². The molecule has 20 heavy (non-hydrogen) atoms. The first-order chi connectivity index (χ1) is 9.61. The summed E-state index contributed by atoms with van der Waals surface area (Å²) in [4.78, 5) is 18.7. The van der Waals surface area contributed by atoms with Crippen molar-refractivity contribution in [1.82, 2.24) is 20.1 Å². The van der Waals surface area contributed by atoms with Crippen molar-refractivity contribution in [2.24, 2.45) is 5.73 Å². The van der Waals surface area contributed by atoms with Gasteiger partial charge >= 0.3 is 0 Å². The van der Waals surface area contributed by atoms with Crippen LogP contribution in [-0.4, -0.2) is 39.6 Å². The number of aromatic nitrogens is 3. The highest BCUT2D eigenvalue weighted by molar-refractivity contribution is 7.12. The average molecular weight is 289 g/mol. The Hall–Kier alpha value is -2.17. The molecule has 2 heterocycles. The summed E-state index contributed by atoms with van der Waals surface area (Å²) in [5, 5.41) is 8.62. The largest absolute Gasteiger partial charge is 0.333 e. The van der Waals surface area contributed by atoms with Gasteiger partial charge < -0.3 is 10.6 Å². The number of aryl methyl sites for hydroxylation is 1. The average Bonchev–Trinajstić information content (AvgIpc) is 3.04. The summed E-state index contributed by atoms with van der Waals surface area (Å²) in [6, 6.07) is 1.82. The summed E-state index contributed by atoms with van der Waals surface area (Å²) in [5.41, 5.74) is 6.06. The summed E-state index contributed by atoms with van der Waals surface area (Å²) in [6.45, 7) is 2.44. The van der Waals surface area contributed by atoms with Gasteiger partial charge in [0.1, 0.15) is 10.7 Å². The highest BCUT2D eigenvalue weighted by Gasteiger charge is 2.18. The Balaban J connectivity index is 2.12. The molecular formula is C13H15N5OS. The third-order valence-electron chi connectivity index (χ3n) is 2.55. The molecular weight excluding hydrogens is 274 g/mol. The Morgan fingerprint density at radius 1 is 1.60 bits per heavy atom. The van der Waals surface area contributed by atoms with E-state index >= 15 is 0 Å². The molecule has 0 bridgehead atoms. The molecule has 0 atom stereocenters. The molecule has 2 aromatic heterocycles. The number of H-pyrrole nitrogens is 1. The minimum Gasteiger partial charge on any atom is -0.333 e.